The van der Waals surface area contributed by atoms with Crippen LogP contribution in [0.25, 0.3) is 44.6 Å². The van der Waals surface area contributed by atoms with Crippen LogP contribution in [0.2, 0.25) is 0 Å². The van der Waals surface area contributed by atoms with Gasteiger partial charge in [0.15, 0.2) is 22.4 Å². The number of benzene rings is 4. The molecule has 0 radical (unpaired) electrons. The molecular formula is C31H20O10. The lowest BCUT2D eigenvalue weighted by molar-refractivity contribution is 0.378. The second-order valence-electron chi connectivity index (χ2n) is 9.09. The lowest BCUT2D eigenvalue weighted by atomic mass is 10.1. The van der Waals surface area contributed by atoms with E-state index in [9.17, 15) is 30.0 Å². The highest BCUT2D eigenvalue weighted by Crippen LogP contribution is 2.44. The first-order valence-electron chi connectivity index (χ1n) is 12.2. The maximum absolute atomic E-state index is 12.9. The molecule has 0 amide bonds. The van der Waals surface area contributed by atoms with Gasteiger partial charge in [0.25, 0.3) is 0 Å². The zero-order chi connectivity index (χ0) is 28.8. The van der Waals surface area contributed by atoms with Gasteiger partial charge in [-0.05, 0) is 48.5 Å². The van der Waals surface area contributed by atoms with Gasteiger partial charge in [-0.3, -0.25) is 9.59 Å². The molecule has 0 aliphatic carbocycles. The van der Waals surface area contributed by atoms with Crippen LogP contribution in [0.5, 0.6) is 40.2 Å². The van der Waals surface area contributed by atoms with Gasteiger partial charge in [-0.15, -0.1) is 0 Å². The Labute approximate surface area is 230 Å². The number of rotatable bonds is 5. The molecule has 4 N–H and O–H groups in total. The van der Waals surface area contributed by atoms with Crippen LogP contribution in [0.15, 0.2) is 97.3 Å². The Hall–Kier alpha value is -5.90. The van der Waals surface area contributed by atoms with E-state index in [-0.39, 0.29) is 56.5 Å². The van der Waals surface area contributed by atoms with Crippen LogP contribution >= 0.6 is 0 Å². The van der Waals surface area contributed by atoms with Gasteiger partial charge < -0.3 is 38.7 Å². The number of methoxy groups -OCH3 is 1. The van der Waals surface area contributed by atoms with E-state index in [0.717, 1.165) is 6.07 Å². The minimum Gasteiger partial charge on any atom is -0.508 e. The SMILES string of the molecule is COc1cc(O)c2c(=O)cc(-c3ccc(Oc4c(O)cc5oc(-c6ccc(O)cc6)cc(=O)c5c4O)cc3)oc2c1. The normalized spacial score (nSPS) is 11.1. The van der Waals surface area contributed by atoms with Crippen molar-refractivity contribution < 1.29 is 38.7 Å². The molecule has 10 nitrogen and oxygen atoms in total. The summed E-state index contributed by atoms with van der Waals surface area (Å²) in [6.45, 7) is 0. The molecule has 0 spiro atoms. The Bertz CT molecular complexity index is 2070. The first-order valence-corrected chi connectivity index (χ1v) is 12.2. The summed E-state index contributed by atoms with van der Waals surface area (Å²) in [7, 11) is 1.42. The van der Waals surface area contributed by atoms with E-state index in [1.807, 2.05) is 0 Å². The van der Waals surface area contributed by atoms with Crippen LogP contribution in [0.1, 0.15) is 0 Å². The molecule has 0 saturated heterocycles. The Morgan fingerprint density at radius 1 is 0.610 bits per heavy atom. The standard InChI is InChI=1S/C31H20O10/c1-38-19-10-20(33)28-21(34)12-24(40-26(28)11-19)16-4-8-18(9-5-16)39-31-23(36)14-27-29(30(31)37)22(35)13-25(41-27)15-2-6-17(32)7-3-15/h2-14,32-33,36-37H,1H3. The topological polar surface area (TPSA) is 160 Å². The molecule has 6 rings (SSSR count). The van der Waals surface area contributed by atoms with Crippen molar-refractivity contribution >= 4 is 21.9 Å². The van der Waals surface area contributed by atoms with Crippen LogP contribution in [0.4, 0.5) is 0 Å². The maximum Gasteiger partial charge on any atom is 0.211 e. The first-order chi connectivity index (χ1) is 19.7. The smallest absolute Gasteiger partial charge is 0.211 e. The summed E-state index contributed by atoms with van der Waals surface area (Å²) >= 11 is 0. The third-order valence-electron chi connectivity index (χ3n) is 6.46. The maximum atomic E-state index is 12.9. The molecule has 2 heterocycles. The highest BCUT2D eigenvalue weighted by atomic mass is 16.5. The molecule has 4 aromatic carbocycles. The third-order valence-corrected chi connectivity index (χ3v) is 6.46. The van der Waals surface area contributed by atoms with E-state index < -0.39 is 22.4 Å². The summed E-state index contributed by atoms with van der Waals surface area (Å²) in [4.78, 5) is 25.5. The first kappa shape index (κ1) is 25.4. The van der Waals surface area contributed by atoms with Crippen LogP contribution < -0.4 is 20.3 Å². The van der Waals surface area contributed by atoms with Crippen LogP contribution in [0.3, 0.4) is 0 Å². The Morgan fingerprint density at radius 3 is 1.78 bits per heavy atom. The fourth-order valence-corrected chi connectivity index (χ4v) is 4.45. The summed E-state index contributed by atoms with van der Waals surface area (Å²) in [6.07, 6.45) is 0. The average Bonchev–Trinajstić information content (AvgIpc) is 2.95. The largest absolute Gasteiger partial charge is 0.508 e. The second-order valence-corrected chi connectivity index (χ2v) is 9.09. The number of ether oxygens (including phenoxy) is 2. The van der Waals surface area contributed by atoms with Gasteiger partial charge in [-0.2, -0.15) is 0 Å². The molecule has 204 valence electrons. The summed E-state index contributed by atoms with van der Waals surface area (Å²) in [5, 5.41) is 41.0. The molecule has 0 fully saturated rings. The molecule has 0 atom stereocenters. The lowest BCUT2D eigenvalue weighted by Crippen LogP contribution is -2.02. The number of hydrogen-bond acceptors (Lipinski definition) is 10. The van der Waals surface area contributed by atoms with Crippen molar-refractivity contribution in [2.45, 2.75) is 0 Å². The van der Waals surface area contributed by atoms with E-state index in [0.29, 0.717) is 16.9 Å². The van der Waals surface area contributed by atoms with Gasteiger partial charge in [0.1, 0.15) is 56.5 Å². The van der Waals surface area contributed by atoms with Gasteiger partial charge >= 0.3 is 0 Å². The molecule has 41 heavy (non-hydrogen) atoms. The fraction of sp³-hybridized carbons (Fsp3) is 0.0323. The number of aromatic hydroxyl groups is 4. The third kappa shape index (κ3) is 4.53. The van der Waals surface area contributed by atoms with Crippen molar-refractivity contribution in [3.05, 3.63) is 99.3 Å². The van der Waals surface area contributed by atoms with Crippen molar-refractivity contribution in [2.75, 3.05) is 7.11 Å². The van der Waals surface area contributed by atoms with E-state index in [1.54, 1.807) is 24.3 Å². The molecule has 0 bridgehead atoms. The van der Waals surface area contributed by atoms with Gasteiger partial charge in [-0.1, -0.05) is 0 Å². The molecule has 0 unspecified atom stereocenters. The van der Waals surface area contributed by atoms with Gasteiger partial charge in [0.05, 0.1) is 7.11 Å². The van der Waals surface area contributed by atoms with E-state index in [4.69, 9.17) is 18.3 Å². The zero-order valence-electron chi connectivity index (χ0n) is 21.2. The minimum atomic E-state index is -0.607. The van der Waals surface area contributed by atoms with Crippen molar-refractivity contribution in [1.82, 2.24) is 0 Å². The molecule has 10 heteroatoms. The predicted molar refractivity (Wildman–Crippen MR) is 149 cm³/mol. The predicted octanol–water partition coefficient (Wildman–Crippen LogP) is 5.86. The van der Waals surface area contributed by atoms with E-state index in [2.05, 4.69) is 0 Å². The molecular weight excluding hydrogens is 532 g/mol. The lowest BCUT2D eigenvalue weighted by Gasteiger charge is -2.12. The highest BCUT2D eigenvalue weighted by Gasteiger charge is 2.20. The summed E-state index contributed by atoms with van der Waals surface area (Å²) in [5.41, 5.74) is 0.0870. The van der Waals surface area contributed by atoms with Crippen LogP contribution in [-0.4, -0.2) is 27.5 Å². The molecule has 0 saturated carbocycles. The number of phenols is 4. The van der Waals surface area contributed by atoms with Crippen LogP contribution in [0, 0.1) is 0 Å². The molecule has 0 aliphatic rings. The zero-order valence-corrected chi connectivity index (χ0v) is 21.2. The quantitative estimate of drug-likeness (QED) is 0.204. The van der Waals surface area contributed by atoms with Crippen LogP contribution in [-0.2, 0) is 0 Å². The van der Waals surface area contributed by atoms with Crippen molar-refractivity contribution in [3.8, 4) is 62.9 Å². The van der Waals surface area contributed by atoms with E-state index in [1.165, 1.54) is 55.6 Å². The Kier molecular flexibility index (Phi) is 6.00. The number of hydrogen-bond donors (Lipinski definition) is 4. The van der Waals surface area contributed by atoms with Gasteiger partial charge in [0.2, 0.25) is 5.75 Å². The van der Waals surface area contributed by atoms with Crippen molar-refractivity contribution in [2.24, 2.45) is 0 Å². The van der Waals surface area contributed by atoms with Gasteiger partial charge in [0, 0.05) is 41.5 Å². The monoisotopic (exact) mass is 552 g/mol. The Balaban J connectivity index is 1.33. The molecule has 0 aliphatic heterocycles. The summed E-state index contributed by atoms with van der Waals surface area (Å²) in [5.74, 6) is -0.724. The summed E-state index contributed by atoms with van der Waals surface area (Å²) in [6, 6.07) is 18.6. The molecule has 2 aromatic heterocycles. The minimum absolute atomic E-state index is 0.0245. The Morgan fingerprint density at radius 2 is 1.17 bits per heavy atom. The van der Waals surface area contributed by atoms with Crippen molar-refractivity contribution in [3.63, 3.8) is 0 Å². The summed E-state index contributed by atoms with van der Waals surface area (Å²) < 4.78 is 22.4. The fourth-order valence-electron chi connectivity index (χ4n) is 4.45. The van der Waals surface area contributed by atoms with Gasteiger partial charge in [-0.25, -0.2) is 0 Å². The second kappa shape index (κ2) is 9.69. The number of fused-ring (bicyclic) bond motifs is 2. The van der Waals surface area contributed by atoms with Crippen molar-refractivity contribution in [1.29, 1.82) is 0 Å². The molecule has 6 aromatic rings. The van der Waals surface area contributed by atoms with E-state index >= 15 is 0 Å². The highest BCUT2D eigenvalue weighted by molar-refractivity contribution is 5.90. The number of phenolic OH excluding ortho intramolecular Hbond substituents is 4. The average molecular weight is 552 g/mol.